The van der Waals surface area contributed by atoms with E-state index in [0.717, 1.165) is 11.1 Å². The van der Waals surface area contributed by atoms with E-state index in [1.165, 1.54) is 14.0 Å². The van der Waals surface area contributed by atoms with Crippen molar-refractivity contribution in [2.75, 3.05) is 12.4 Å². The van der Waals surface area contributed by atoms with E-state index in [1.54, 1.807) is 31.2 Å². The molecule has 1 unspecified atom stereocenters. The van der Waals surface area contributed by atoms with Gasteiger partial charge in [0.15, 0.2) is 6.10 Å². The minimum atomic E-state index is -1.11. The van der Waals surface area contributed by atoms with Gasteiger partial charge in [-0.2, -0.15) is 0 Å². The normalized spacial score (nSPS) is 11.8. The third kappa shape index (κ3) is 4.72. The van der Waals surface area contributed by atoms with Crippen LogP contribution in [0.5, 0.6) is 5.75 Å². The van der Waals surface area contributed by atoms with E-state index < -0.39 is 18.0 Å². The molecule has 1 N–H and O–H groups in total. The van der Waals surface area contributed by atoms with Crippen LogP contribution < -0.4 is 10.1 Å². The quantitative estimate of drug-likeness (QED) is 0.371. The van der Waals surface area contributed by atoms with Crippen LogP contribution in [0.25, 0.3) is 22.4 Å². The van der Waals surface area contributed by atoms with Crippen molar-refractivity contribution in [1.29, 1.82) is 0 Å². The summed E-state index contributed by atoms with van der Waals surface area (Å²) in [7, 11) is 1.48. The second kappa shape index (κ2) is 9.52. The summed E-state index contributed by atoms with van der Waals surface area (Å²) in [5.74, 6) is -0.817. The Kier molecular flexibility index (Phi) is 6.51. The number of carbonyl (C=O) groups excluding carboxylic acids is 2. The van der Waals surface area contributed by atoms with Crippen LogP contribution in [0.3, 0.4) is 0 Å². The summed E-state index contributed by atoms with van der Waals surface area (Å²) >= 11 is 6.02. The zero-order valence-corrected chi connectivity index (χ0v) is 19.8. The summed E-state index contributed by atoms with van der Waals surface area (Å²) in [6, 6.07) is 14.1. The van der Waals surface area contributed by atoms with Crippen LogP contribution in [0, 0.1) is 13.8 Å². The first-order valence-electron chi connectivity index (χ1n) is 10.5. The van der Waals surface area contributed by atoms with Crippen LogP contribution in [-0.4, -0.2) is 35.2 Å². The molecule has 2 heterocycles. The van der Waals surface area contributed by atoms with Crippen molar-refractivity contribution in [2.24, 2.45) is 0 Å². The van der Waals surface area contributed by atoms with E-state index in [0.29, 0.717) is 33.2 Å². The molecule has 2 aromatic heterocycles. The Balaban J connectivity index is 1.61. The van der Waals surface area contributed by atoms with Crippen molar-refractivity contribution in [3.05, 3.63) is 70.4 Å². The predicted molar refractivity (Wildman–Crippen MR) is 128 cm³/mol. The van der Waals surface area contributed by atoms with Crippen molar-refractivity contribution in [3.63, 3.8) is 0 Å². The lowest BCUT2D eigenvalue weighted by Gasteiger charge is -2.16. The summed E-state index contributed by atoms with van der Waals surface area (Å²) in [4.78, 5) is 30.4. The lowest BCUT2D eigenvalue weighted by atomic mass is 10.0. The molecule has 1 atom stereocenters. The highest BCUT2D eigenvalue weighted by Crippen LogP contribution is 2.29. The first-order valence-corrected chi connectivity index (χ1v) is 10.8. The van der Waals surface area contributed by atoms with Gasteiger partial charge in [0, 0.05) is 10.6 Å². The number of halogens is 1. The van der Waals surface area contributed by atoms with Gasteiger partial charge in [0.2, 0.25) is 0 Å². The summed E-state index contributed by atoms with van der Waals surface area (Å²) in [6.45, 7) is 5.16. The number of fused-ring (bicyclic) bond motifs is 1. The zero-order valence-electron chi connectivity index (χ0n) is 19.0. The highest BCUT2D eigenvalue weighted by molar-refractivity contribution is 6.31. The number of pyridine rings is 1. The maximum absolute atomic E-state index is 13.1. The fourth-order valence-corrected chi connectivity index (χ4v) is 3.59. The van der Waals surface area contributed by atoms with E-state index in [2.05, 4.69) is 15.5 Å². The molecule has 4 rings (SSSR count). The molecule has 0 bridgehead atoms. The van der Waals surface area contributed by atoms with Gasteiger partial charge in [0.1, 0.15) is 5.75 Å². The predicted octanol–water partition coefficient (Wildman–Crippen LogP) is 5.35. The maximum atomic E-state index is 13.1. The van der Waals surface area contributed by atoms with Crippen molar-refractivity contribution in [1.82, 2.24) is 10.1 Å². The molecule has 0 saturated heterocycles. The first kappa shape index (κ1) is 23.3. The molecular weight excluding hydrogens is 458 g/mol. The molecular formula is C25H22ClN3O5. The van der Waals surface area contributed by atoms with Gasteiger partial charge >= 0.3 is 5.97 Å². The van der Waals surface area contributed by atoms with E-state index in [9.17, 15) is 9.59 Å². The highest BCUT2D eigenvalue weighted by atomic mass is 35.5. The monoisotopic (exact) mass is 479 g/mol. The highest BCUT2D eigenvalue weighted by Gasteiger charge is 2.25. The van der Waals surface area contributed by atoms with Crippen molar-refractivity contribution in [2.45, 2.75) is 26.9 Å². The van der Waals surface area contributed by atoms with Crippen molar-refractivity contribution >= 4 is 40.3 Å². The minimum Gasteiger partial charge on any atom is -0.495 e. The molecule has 0 saturated carbocycles. The molecule has 8 nitrogen and oxygen atoms in total. The fourth-order valence-electron chi connectivity index (χ4n) is 3.42. The molecule has 0 aliphatic heterocycles. The number of carbonyl (C=O) groups is 2. The molecule has 34 heavy (non-hydrogen) atoms. The SMILES string of the molecule is COc1ccc(Cl)cc1NC(=O)C(C)OC(=O)c1cc(-c2ccc(C)cc2)nc2onc(C)c12. The smallest absolute Gasteiger partial charge is 0.339 e. The van der Waals surface area contributed by atoms with Gasteiger partial charge in [-0.05, 0) is 45.0 Å². The molecule has 2 aromatic carbocycles. The number of nitrogens with zero attached hydrogens (tertiary/aromatic N) is 2. The van der Waals surface area contributed by atoms with Gasteiger partial charge in [-0.1, -0.05) is 46.6 Å². The molecule has 9 heteroatoms. The Morgan fingerprint density at radius 2 is 1.82 bits per heavy atom. The number of methoxy groups -OCH3 is 1. The number of nitrogens with one attached hydrogen (secondary N) is 1. The summed E-state index contributed by atoms with van der Waals surface area (Å²) in [5.41, 5.74) is 3.70. The molecule has 1 amide bonds. The minimum absolute atomic E-state index is 0.208. The molecule has 174 valence electrons. The zero-order chi connectivity index (χ0) is 24.4. The van der Waals surface area contributed by atoms with Crippen molar-refractivity contribution in [3.8, 4) is 17.0 Å². The third-order valence-electron chi connectivity index (χ3n) is 5.26. The molecule has 4 aromatic rings. The Labute approximate surface area is 200 Å². The summed E-state index contributed by atoms with van der Waals surface area (Å²) < 4.78 is 16.1. The first-order chi connectivity index (χ1) is 16.3. The van der Waals surface area contributed by atoms with Crippen LogP contribution >= 0.6 is 11.6 Å². The number of benzene rings is 2. The topological polar surface area (TPSA) is 104 Å². The van der Waals surface area contributed by atoms with Gasteiger partial charge in [-0.3, -0.25) is 4.79 Å². The second-order valence-corrected chi connectivity index (χ2v) is 8.19. The van der Waals surface area contributed by atoms with Crippen LogP contribution in [0.2, 0.25) is 5.02 Å². The molecule has 0 aliphatic carbocycles. The number of esters is 1. The van der Waals surface area contributed by atoms with Gasteiger partial charge in [0.05, 0.1) is 35.1 Å². The van der Waals surface area contributed by atoms with Crippen LogP contribution in [0.15, 0.2) is 53.1 Å². The maximum Gasteiger partial charge on any atom is 0.339 e. The Morgan fingerprint density at radius 3 is 2.53 bits per heavy atom. The largest absolute Gasteiger partial charge is 0.495 e. The summed E-state index contributed by atoms with van der Waals surface area (Å²) in [5, 5.41) is 7.47. The number of rotatable bonds is 6. The average molecular weight is 480 g/mol. The van der Waals surface area contributed by atoms with Gasteiger partial charge in [-0.15, -0.1) is 0 Å². The number of ether oxygens (including phenoxy) is 2. The number of aromatic nitrogens is 2. The fraction of sp³-hybridized carbons (Fsp3) is 0.200. The molecule has 0 fully saturated rings. The molecule has 0 radical (unpaired) electrons. The van der Waals surface area contributed by atoms with Gasteiger partial charge in [-0.25, -0.2) is 9.78 Å². The van der Waals surface area contributed by atoms with Gasteiger partial charge < -0.3 is 19.3 Å². The van der Waals surface area contributed by atoms with Crippen LogP contribution in [0.1, 0.15) is 28.5 Å². The standard InChI is InChI=1S/C25H22ClN3O5/c1-13-5-7-16(8-6-13)19-12-18(22-14(2)29-34-24(22)28-19)25(31)33-15(3)23(30)27-20-11-17(26)9-10-21(20)32-4/h5-12,15H,1-4H3,(H,27,30). The Hall–Kier alpha value is -3.91. The third-order valence-corrected chi connectivity index (χ3v) is 5.49. The van der Waals surface area contributed by atoms with Crippen LogP contribution in [0.4, 0.5) is 5.69 Å². The summed E-state index contributed by atoms with van der Waals surface area (Å²) in [6.07, 6.45) is -1.11. The Bertz CT molecular complexity index is 1380. The van der Waals surface area contributed by atoms with Gasteiger partial charge in [0.25, 0.3) is 11.6 Å². The second-order valence-electron chi connectivity index (χ2n) is 7.75. The number of amides is 1. The Morgan fingerprint density at radius 1 is 1.09 bits per heavy atom. The number of anilines is 1. The van der Waals surface area contributed by atoms with E-state index in [1.807, 2.05) is 31.2 Å². The number of aryl methyl sites for hydroxylation is 2. The average Bonchev–Trinajstić information content (AvgIpc) is 3.19. The molecule has 0 spiro atoms. The van der Waals surface area contributed by atoms with Crippen LogP contribution in [-0.2, 0) is 9.53 Å². The van der Waals surface area contributed by atoms with Crippen molar-refractivity contribution < 1.29 is 23.6 Å². The molecule has 0 aliphatic rings. The van der Waals surface area contributed by atoms with E-state index >= 15 is 0 Å². The van der Waals surface area contributed by atoms with E-state index in [-0.39, 0.29) is 11.3 Å². The van der Waals surface area contributed by atoms with E-state index in [4.69, 9.17) is 25.6 Å². The lowest BCUT2D eigenvalue weighted by molar-refractivity contribution is -0.123. The number of hydrogen-bond acceptors (Lipinski definition) is 7. The lowest BCUT2D eigenvalue weighted by Crippen LogP contribution is -2.30. The number of hydrogen-bond donors (Lipinski definition) is 1.